The molecule has 0 aliphatic carbocycles. The van der Waals surface area contributed by atoms with E-state index in [1.165, 1.54) is 6.33 Å². The van der Waals surface area contributed by atoms with Crippen molar-refractivity contribution in [3.8, 4) is 11.5 Å². The molecule has 0 saturated carbocycles. The van der Waals surface area contributed by atoms with Crippen LogP contribution in [0.15, 0.2) is 60.9 Å². The summed E-state index contributed by atoms with van der Waals surface area (Å²) in [7, 11) is 1.93. The van der Waals surface area contributed by atoms with Crippen molar-refractivity contribution in [1.29, 1.82) is 5.41 Å². The van der Waals surface area contributed by atoms with Crippen LogP contribution in [-0.2, 0) is 4.79 Å². The molecule has 3 atom stereocenters. The molecule has 0 spiro atoms. The Morgan fingerprint density at radius 2 is 1.89 bits per heavy atom. The van der Waals surface area contributed by atoms with Crippen LogP contribution in [0, 0.1) is 5.41 Å². The number of likely N-dealkylation sites (tertiary alicyclic amines) is 1. The molecule has 1 fully saturated rings. The Hall–Kier alpha value is -3.82. The highest BCUT2D eigenvalue weighted by Crippen LogP contribution is 2.28. The zero-order valence-corrected chi connectivity index (χ0v) is 21.4. The number of nitrogen functional groups attached to an aromatic ring is 1. The zero-order valence-electron chi connectivity index (χ0n) is 21.4. The molecule has 3 unspecified atom stereocenters. The van der Waals surface area contributed by atoms with Crippen LogP contribution in [0.5, 0.6) is 11.5 Å². The lowest BCUT2D eigenvalue weighted by molar-refractivity contribution is -0.114. The first kappa shape index (κ1) is 26.2. The molecule has 9 heteroatoms. The van der Waals surface area contributed by atoms with E-state index in [4.69, 9.17) is 15.9 Å². The number of aromatic nitrogens is 2. The number of nitrogens with two attached hydrogens (primary N) is 1. The number of nitrogens with one attached hydrogen (secondary N) is 3. The minimum atomic E-state index is -0.142. The van der Waals surface area contributed by atoms with Crippen LogP contribution in [0.2, 0.25) is 0 Å². The third-order valence-corrected chi connectivity index (χ3v) is 6.71. The lowest BCUT2D eigenvalue weighted by Crippen LogP contribution is -2.57. The van der Waals surface area contributed by atoms with E-state index in [-0.39, 0.29) is 29.8 Å². The van der Waals surface area contributed by atoms with Crippen molar-refractivity contribution in [2.75, 3.05) is 24.6 Å². The number of benzene rings is 2. The van der Waals surface area contributed by atoms with E-state index in [9.17, 15) is 4.79 Å². The van der Waals surface area contributed by atoms with Crippen molar-refractivity contribution < 1.29 is 9.53 Å². The Morgan fingerprint density at radius 1 is 1.16 bits per heavy atom. The zero-order chi connectivity index (χ0) is 26.2. The topological polar surface area (TPSA) is 129 Å². The SMILES string of the molecule is CCCC(C=O)N1CC(Nc2ncnc(N)c2C(=N)c2ccc(Oc3ccccc3)cc2)CCC1NC. The van der Waals surface area contributed by atoms with Crippen molar-refractivity contribution in [3.63, 3.8) is 0 Å². The van der Waals surface area contributed by atoms with E-state index >= 15 is 0 Å². The summed E-state index contributed by atoms with van der Waals surface area (Å²) in [6.07, 6.45) is 6.13. The number of carbonyl (C=O) groups is 1. The van der Waals surface area contributed by atoms with Gasteiger partial charge in [0.25, 0.3) is 0 Å². The van der Waals surface area contributed by atoms with Gasteiger partial charge in [-0.1, -0.05) is 31.5 Å². The highest BCUT2D eigenvalue weighted by atomic mass is 16.5. The molecule has 1 aromatic heterocycles. The van der Waals surface area contributed by atoms with Gasteiger partial charge in [0.05, 0.1) is 23.5 Å². The van der Waals surface area contributed by atoms with Gasteiger partial charge in [-0.05, 0) is 62.7 Å². The number of rotatable bonds is 11. The number of hydrogen-bond donors (Lipinski definition) is 4. The fraction of sp³-hybridized carbons (Fsp3) is 0.357. The van der Waals surface area contributed by atoms with Gasteiger partial charge in [0.2, 0.25) is 0 Å². The molecule has 2 heterocycles. The van der Waals surface area contributed by atoms with Crippen LogP contribution in [0.25, 0.3) is 0 Å². The maximum absolute atomic E-state index is 11.8. The molecule has 5 N–H and O–H groups in total. The maximum Gasteiger partial charge on any atom is 0.141 e. The average Bonchev–Trinajstić information content (AvgIpc) is 2.92. The molecule has 1 aliphatic heterocycles. The Kier molecular flexibility index (Phi) is 8.81. The number of carbonyl (C=O) groups excluding carboxylic acids is 1. The second-order valence-corrected chi connectivity index (χ2v) is 9.21. The molecule has 1 saturated heterocycles. The van der Waals surface area contributed by atoms with E-state index in [1.807, 2.05) is 61.6 Å². The smallest absolute Gasteiger partial charge is 0.141 e. The van der Waals surface area contributed by atoms with Gasteiger partial charge in [-0.15, -0.1) is 0 Å². The summed E-state index contributed by atoms with van der Waals surface area (Å²) in [6, 6.07) is 16.8. The third kappa shape index (κ3) is 6.31. The number of anilines is 2. The van der Waals surface area contributed by atoms with Crippen molar-refractivity contribution in [2.24, 2.45) is 0 Å². The fourth-order valence-electron chi connectivity index (χ4n) is 4.81. The quantitative estimate of drug-likeness (QED) is 0.229. The van der Waals surface area contributed by atoms with Crippen LogP contribution < -0.4 is 21.1 Å². The minimum Gasteiger partial charge on any atom is -0.457 e. The molecule has 37 heavy (non-hydrogen) atoms. The second-order valence-electron chi connectivity index (χ2n) is 9.21. The second kappa shape index (κ2) is 12.4. The highest BCUT2D eigenvalue weighted by Gasteiger charge is 2.32. The number of piperidine rings is 1. The van der Waals surface area contributed by atoms with Gasteiger partial charge < -0.3 is 25.9 Å². The number of ether oxygens (including phenoxy) is 1. The van der Waals surface area contributed by atoms with Gasteiger partial charge in [-0.3, -0.25) is 10.3 Å². The van der Waals surface area contributed by atoms with Crippen LogP contribution in [0.1, 0.15) is 43.7 Å². The Morgan fingerprint density at radius 3 is 2.57 bits per heavy atom. The number of nitrogens with zero attached hydrogens (tertiary/aromatic N) is 3. The Labute approximate surface area is 218 Å². The molecule has 4 rings (SSSR count). The summed E-state index contributed by atoms with van der Waals surface area (Å²) >= 11 is 0. The van der Waals surface area contributed by atoms with Crippen molar-refractivity contribution in [1.82, 2.24) is 20.2 Å². The van der Waals surface area contributed by atoms with E-state index in [2.05, 4.69) is 32.4 Å². The average molecular weight is 502 g/mol. The summed E-state index contributed by atoms with van der Waals surface area (Å²) < 4.78 is 5.87. The molecule has 9 nitrogen and oxygen atoms in total. The van der Waals surface area contributed by atoms with E-state index in [0.717, 1.165) is 37.7 Å². The third-order valence-electron chi connectivity index (χ3n) is 6.71. The Bertz CT molecular complexity index is 1190. The molecule has 3 aromatic rings. The first-order chi connectivity index (χ1) is 18.0. The van der Waals surface area contributed by atoms with Gasteiger partial charge >= 0.3 is 0 Å². The van der Waals surface area contributed by atoms with Gasteiger partial charge in [-0.25, -0.2) is 9.97 Å². The first-order valence-electron chi connectivity index (χ1n) is 12.7. The van der Waals surface area contributed by atoms with Crippen LogP contribution in [-0.4, -0.2) is 58.7 Å². The summed E-state index contributed by atoms with van der Waals surface area (Å²) in [5, 5.41) is 15.7. The molecular weight excluding hydrogens is 466 g/mol. The molecule has 0 radical (unpaired) electrons. The number of hydrogen-bond acceptors (Lipinski definition) is 9. The largest absolute Gasteiger partial charge is 0.457 e. The fourth-order valence-corrected chi connectivity index (χ4v) is 4.81. The Balaban J connectivity index is 1.52. The van der Waals surface area contributed by atoms with E-state index < -0.39 is 0 Å². The predicted octanol–water partition coefficient (Wildman–Crippen LogP) is 4.06. The molecule has 0 amide bonds. The van der Waals surface area contributed by atoms with Gasteiger partial charge in [0.15, 0.2) is 0 Å². The van der Waals surface area contributed by atoms with E-state index in [0.29, 0.717) is 29.2 Å². The molecule has 2 aromatic carbocycles. The standard InChI is InChI=1S/C28H35N7O2/c1-3-7-21(17-36)35-16-20(12-15-24(35)31-2)34-28-25(27(30)32-18-33-28)26(29)19-10-13-23(14-11-19)37-22-8-5-4-6-9-22/h4-6,8-11,13-14,17-18,20-21,24,29,31H,3,7,12,15-16H2,1-2H3,(H3,30,32,33,34). The summed E-state index contributed by atoms with van der Waals surface area (Å²) in [5.74, 6) is 2.18. The normalized spacial score (nSPS) is 18.6. The maximum atomic E-state index is 11.8. The van der Waals surface area contributed by atoms with Crippen LogP contribution in [0.4, 0.5) is 11.6 Å². The lowest BCUT2D eigenvalue weighted by atomic mass is 9.98. The summed E-state index contributed by atoms with van der Waals surface area (Å²) in [4.78, 5) is 22.6. The van der Waals surface area contributed by atoms with Gasteiger partial charge in [0, 0.05) is 18.2 Å². The molecule has 1 aliphatic rings. The lowest BCUT2D eigenvalue weighted by Gasteiger charge is -2.42. The summed E-state index contributed by atoms with van der Waals surface area (Å²) in [6.45, 7) is 2.77. The highest BCUT2D eigenvalue weighted by molar-refractivity contribution is 6.16. The van der Waals surface area contributed by atoms with Crippen LogP contribution >= 0.6 is 0 Å². The van der Waals surface area contributed by atoms with Gasteiger partial charge in [0.1, 0.15) is 35.7 Å². The van der Waals surface area contributed by atoms with E-state index in [1.54, 1.807) is 0 Å². The molecule has 0 bridgehead atoms. The van der Waals surface area contributed by atoms with Crippen molar-refractivity contribution in [2.45, 2.75) is 50.9 Å². The number of para-hydroxylation sites is 1. The number of aldehydes is 1. The molecular formula is C28H35N7O2. The van der Waals surface area contributed by atoms with Crippen molar-refractivity contribution >= 4 is 23.6 Å². The molecule has 194 valence electrons. The van der Waals surface area contributed by atoms with Crippen molar-refractivity contribution in [3.05, 3.63) is 72.1 Å². The van der Waals surface area contributed by atoms with Crippen LogP contribution in [0.3, 0.4) is 0 Å². The predicted molar refractivity (Wildman–Crippen MR) is 146 cm³/mol. The monoisotopic (exact) mass is 501 g/mol. The first-order valence-corrected chi connectivity index (χ1v) is 12.7. The minimum absolute atomic E-state index is 0.0476. The summed E-state index contributed by atoms with van der Waals surface area (Å²) in [5.41, 5.74) is 7.62. The van der Waals surface area contributed by atoms with Gasteiger partial charge in [-0.2, -0.15) is 0 Å².